The zero-order valence-corrected chi connectivity index (χ0v) is 13.3. The van der Waals surface area contributed by atoms with Gasteiger partial charge in [0.1, 0.15) is 16.4 Å². The van der Waals surface area contributed by atoms with E-state index in [1.807, 2.05) is 0 Å². The molecule has 0 unspecified atom stereocenters. The van der Waals surface area contributed by atoms with Crippen LogP contribution in [-0.2, 0) is 16.6 Å². The Balaban J connectivity index is 1.57. The molecule has 1 heterocycles. The van der Waals surface area contributed by atoms with E-state index in [-0.39, 0.29) is 4.90 Å². The third-order valence-electron chi connectivity index (χ3n) is 4.42. The number of furan rings is 1. The van der Waals surface area contributed by atoms with Crippen LogP contribution in [-0.4, -0.2) is 21.0 Å². The maximum absolute atomic E-state index is 12.3. The van der Waals surface area contributed by atoms with Crippen molar-refractivity contribution in [3.8, 4) is 0 Å². The summed E-state index contributed by atoms with van der Waals surface area (Å²) in [5.41, 5.74) is 0. The monoisotopic (exact) mass is 312 g/mol. The van der Waals surface area contributed by atoms with Crippen LogP contribution in [0.2, 0.25) is 0 Å². The topological polar surface area (TPSA) is 71.3 Å². The molecule has 21 heavy (non-hydrogen) atoms. The van der Waals surface area contributed by atoms with Crippen molar-refractivity contribution in [2.45, 2.75) is 62.9 Å². The minimum atomic E-state index is -3.44. The third-order valence-corrected chi connectivity index (χ3v) is 5.99. The van der Waals surface area contributed by atoms with Crippen LogP contribution in [0, 0.1) is 12.8 Å². The molecule has 5 nitrogen and oxygen atoms in total. The Morgan fingerprint density at radius 1 is 1.29 bits per heavy atom. The second-order valence-electron chi connectivity index (χ2n) is 6.27. The molecule has 0 aliphatic heterocycles. The number of aryl methyl sites for hydroxylation is 1. The molecule has 3 rings (SSSR count). The molecule has 2 N–H and O–H groups in total. The molecule has 0 saturated heterocycles. The van der Waals surface area contributed by atoms with Gasteiger partial charge in [-0.3, -0.25) is 0 Å². The first kappa shape index (κ1) is 15.1. The van der Waals surface area contributed by atoms with E-state index in [4.69, 9.17) is 4.42 Å². The Morgan fingerprint density at radius 3 is 2.67 bits per heavy atom. The normalized spacial score (nSPS) is 19.7. The summed E-state index contributed by atoms with van der Waals surface area (Å²) >= 11 is 0. The van der Waals surface area contributed by atoms with Gasteiger partial charge in [-0.15, -0.1) is 0 Å². The highest BCUT2D eigenvalue weighted by atomic mass is 32.2. The molecule has 1 aromatic heterocycles. The third kappa shape index (κ3) is 3.87. The van der Waals surface area contributed by atoms with E-state index in [2.05, 4.69) is 10.0 Å². The van der Waals surface area contributed by atoms with E-state index in [0.717, 1.165) is 6.42 Å². The molecule has 0 amide bonds. The van der Waals surface area contributed by atoms with Crippen molar-refractivity contribution in [2.75, 3.05) is 6.54 Å². The van der Waals surface area contributed by atoms with E-state index in [9.17, 15) is 8.42 Å². The average molecular weight is 312 g/mol. The fraction of sp³-hybridized carbons (Fsp3) is 0.733. The van der Waals surface area contributed by atoms with Gasteiger partial charge in [0.15, 0.2) is 0 Å². The predicted octanol–water partition coefficient (Wildman–Crippen LogP) is 2.31. The lowest BCUT2D eigenvalue weighted by Gasteiger charge is -2.25. The quantitative estimate of drug-likeness (QED) is 0.773. The molecule has 1 aromatic rings. The molecule has 118 valence electrons. The summed E-state index contributed by atoms with van der Waals surface area (Å²) in [6.07, 6.45) is 7.11. The van der Waals surface area contributed by atoms with Crippen LogP contribution >= 0.6 is 0 Å². The molecule has 2 saturated carbocycles. The standard InChI is InChI=1S/C15H24N2O3S/c1-11-15(9-14(20-11)10-16-13-5-6-13)21(18,19)17-8-7-12-3-2-4-12/h9,12-13,16-17H,2-8,10H2,1H3. The minimum absolute atomic E-state index is 0.281. The van der Waals surface area contributed by atoms with Gasteiger partial charge in [-0.25, -0.2) is 13.1 Å². The second-order valence-corrected chi connectivity index (χ2v) is 8.01. The first-order chi connectivity index (χ1) is 10.0. The zero-order valence-electron chi connectivity index (χ0n) is 12.5. The second kappa shape index (κ2) is 6.10. The summed E-state index contributed by atoms with van der Waals surface area (Å²) in [6.45, 7) is 2.83. The van der Waals surface area contributed by atoms with E-state index in [0.29, 0.717) is 36.6 Å². The van der Waals surface area contributed by atoms with Gasteiger partial charge in [-0.1, -0.05) is 19.3 Å². The van der Waals surface area contributed by atoms with Crippen LogP contribution in [0.15, 0.2) is 15.4 Å². The van der Waals surface area contributed by atoms with Crippen molar-refractivity contribution in [3.05, 3.63) is 17.6 Å². The zero-order chi connectivity index (χ0) is 14.9. The SMILES string of the molecule is Cc1oc(CNC2CC2)cc1S(=O)(=O)NCCC1CCC1. The number of rotatable bonds is 8. The van der Waals surface area contributed by atoms with Crippen molar-refractivity contribution in [1.82, 2.24) is 10.0 Å². The van der Waals surface area contributed by atoms with Crippen LogP contribution in [0.1, 0.15) is 50.0 Å². The molecule has 0 atom stereocenters. The highest BCUT2D eigenvalue weighted by Crippen LogP contribution is 2.29. The maximum Gasteiger partial charge on any atom is 0.244 e. The lowest BCUT2D eigenvalue weighted by molar-refractivity contribution is 0.297. The largest absolute Gasteiger partial charge is 0.464 e. The molecule has 0 radical (unpaired) electrons. The lowest BCUT2D eigenvalue weighted by Crippen LogP contribution is -2.27. The molecule has 0 spiro atoms. The van der Waals surface area contributed by atoms with Gasteiger partial charge in [-0.2, -0.15) is 0 Å². The summed E-state index contributed by atoms with van der Waals surface area (Å²) in [6, 6.07) is 2.23. The molecule has 0 bridgehead atoms. The van der Waals surface area contributed by atoms with Crippen molar-refractivity contribution < 1.29 is 12.8 Å². The fourth-order valence-corrected chi connectivity index (χ4v) is 3.92. The number of hydrogen-bond acceptors (Lipinski definition) is 4. The summed E-state index contributed by atoms with van der Waals surface area (Å²) < 4.78 is 32.9. The van der Waals surface area contributed by atoms with Crippen molar-refractivity contribution in [1.29, 1.82) is 0 Å². The van der Waals surface area contributed by atoms with Gasteiger partial charge in [0, 0.05) is 18.7 Å². The average Bonchev–Trinajstić information content (AvgIpc) is 3.12. The molecule has 2 aliphatic rings. The highest BCUT2D eigenvalue weighted by Gasteiger charge is 2.24. The Hall–Kier alpha value is -0.850. The summed E-state index contributed by atoms with van der Waals surface area (Å²) in [4.78, 5) is 0.281. The van der Waals surface area contributed by atoms with E-state index in [1.54, 1.807) is 13.0 Å². The Kier molecular flexibility index (Phi) is 4.38. The first-order valence-corrected chi connectivity index (χ1v) is 9.35. The van der Waals surface area contributed by atoms with E-state index < -0.39 is 10.0 Å². The van der Waals surface area contributed by atoms with Crippen LogP contribution in [0.5, 0.6) is 0 Å². The van der Waals surface area contributed by atoms with E-state index >= 15 is 0 Å². The van der Waals surface area contributed by atoms with Crippen LogP contribution < -0.4 is 10.0 Å². The van der Waals surface area contributed by atoms with Crippen molar-refractivity contribution in [2.24, 2.45) is 5.92 Å². The predicted molar refractivity (Wildman–Crippen MR) is 80.5 cm³/mol. The molecule has 2 fully saturated rings. The minimum Gasteiger partial charge on any atom is -0.464 e. The first-order valence-electron chi connectivity index (χ1n) is 7.87. The Labute approximate surface area is 126 Å². The Bertz CT molecular complexity index is 586. The smallest absolute Gasteiger partial charge is 0.244 e. The molecular formula is C15H24N2O3S. The van der Waals surface area contributed by atoms with Gasteiger partial charge >= 0.3 is 0 Å². The Morgan fingerprint density at radius 2 is 2.05 bits per heavy atom. The molecular weight excluding hydrogens is 288 g/mol. The number of hydrogen-bond donors (Lipinski definition) is 2. The summed E-state index contributed by atoms with van der Waals surface area (Å²) in [5, 5.41) is 3.33. The lowest BCUT2D eigenvalue weighted by atomic mass is 9.83. The summed E-state index contributed by atoms with van der Waals surface area (Å²) in [7, 11) is -3.44. The van der Waals surface area contributed by atoms with Gasteiger partial charge in [0.2, 0.25) is 10.0 Å². The van der Waals surface area contributed by atoms with Crippen LogP contribution in [0.4, 0.5) is 0 Å². The molecule has 6 heteroatoms. The van der Waals surface area contributed by atoms with Gasteiger partial charge in [-0.05, 0) is 32.1 Å². The van der Waals surface area contributed by atoms with Gasteiger partial charge in [0.25, 0.3) is 0 Å². The molecule has 0 aromatic carbocycles. The van der Waals surface area contributed by atoms with Crippen molar-refractivity contribution in [3.63, 3.8) is 0 Å². The number of sulfonamides is 1. The fourth-order valence-electron chi connectivity index (χ4n) is 2.67. The van der Waals surface area contributed by atoms with E-state index in [1.165, 1.54) is 32.1 Å². The van der Waals surface area contributed by atoms with Gasteiger partial charge in [0.05, 0.1) is 6.54 Å². The van der Waals surface area contributed by atoms with Crippen LogP contribution in [0.3, 0.4) is 0 Å². The molecule has 2 aliphatic carbocycles. The van der Waals surface area contributed by atoms with Gasteiger partial charge < -0.3 is 9.73 Å². The highest BCUT2D eigenvalue weighted by molar-refractivity contribution is 7.89. The summed E-state index contributed by atoms with van der Waals surface area (Å²) in [5.74, 6) is 1.87. The van der Waals surface area contributed by atoms with Crippen LogP contribution in [0.25, 0.3) is 0 Å². The maximum atomic E-state index is 12.3. The van der Waals surface area contributed by atoms with Crippen molar-refractivity contribution >= 4 is 10.0 Å². The number of nitrogens with one attached hydrogen (secondary N) is 2.